The lowest BCUT2D eigenvalue weighted by Crippen LogP contribution is -2.38. The fraction of sp³-hybridized carbons (Fsp3) is 0.312. The standard InChI is InChI=1S/C16H18Cl2N4O2/c1-3-19-14(23)10-21(4-2)13-9-20-22(16(24)15(13)18)12-7-5-11(17)6-8-12/h5-9H,3-4,10H2,1-2H3,(H,19,23). The zero-order chi connectivity index (χ0) is 17.7. The van der Waals surface area contributed by atoms with E-state index >= 15 is 0 Å². The second-order valence-corrected chi connectivity index (χ2v) is 5.82. The third-order valence-electron chi connectivity index (χ3n) is 3.40. The van der Waals surface area contributed by atoms with Crippen LogP contribution < -0.4 is 15.8 Å². The molecule has 1 N–H and O–H groups in total. The highest BCUT2D eigenvalue weighted by Crippen LogP contribution is 2.21. The fourth-order valence-corrected chi connectivity index (χ4v) is 2.58. The molecule has 24 heavy (non-hydrogen) atoms. The van der Waals surface area contributed by atoms with Gasteiger partial charge in [-0.25, -0.2) is 0 Å². The van der Waals surface area contributed by atoms with Crippen LogP contribution >= 0.6 is 23.2 Å². The van der Waals surface area contributed by atoms with Gasteiger partial charge in [0.25, 0.3) is 5.56 Å². The molecular weight excluding hydrogens is 351 g/mol. The molecule has 0 aliphatic rings. The van der Waals surface area contributed by atoms with E-state index < -0.39 is 5.56 Å². The van der Waals surface area contributed by atoms with Crippen molar-refractivity contribution >= 4 is 34.8 Å². The molecule has 6 nitrogen and oxygen atoms in total. The van der Waals surface area contributed by atoms with Crippen LogP contribution in [0.15, 0.2) is 35.3 Å². The van der Waals surface area contributed by atoms with Gasteiger partial charge >= 0.3 is 0 Å². The van der Waals surface area contributed by atoms with Crippen LogP contribution in [0.3, 0.4) is 0 Å². The summed E-state index contributed by atoms with van der Waals surface area (Å²) in [6.45, 7) is 4.88. The third kappa shape index (κ3) is 4.07. The summed E-state index contributed by atoms with van der Waals surface area (Å²) in [6.07, 6.45) is 1.49. The van der Waals surface area contributed by atoms with E-state index in [2.05, 4.69) is 10.4 Å². The van der Waals surface area contributed by atoms with Crippen LogP contribution in [0.1, 0.15) is 13.8 Å². The predicted molar refractivity (Wildman–Crippen MR) is 96.4 cm³/mol. The lowest BCUT2D eigenvalue weighted by Gasteiger charge is -2.23. The van der Waals surface area contributed by atoms with Gasteiger partial charge in [-0.1, -0.05) is 23.2 Å². The Balaban J connectivity index is 2.36. The molecule has 0 aliphatic carbocycles. The Bertz CT molecular complexity index is 775. The minimum absolute atomic E-state index is 0.0195. The largest absolute Gasteiger partial charge is 0.360 e. The van der Waals surface area contributed by atoms with Crippen LogP contribution in [-0.4, -0.2) is 35.3 Å². The van der Waals surface area contributed by atoms with Gasteiger partial charge in [0.15, 0.2) is 0 Å². The van der Waals surface area contributed by atoms with Gasteiger partial charge in [0.1, 0.15) is 5.02 Å². The number of nitrogens with one attached hydrogen (secondary N) is 1. The van der Waals surface area contributed by atoms with Crippen molar-refractivity contribution in [2.24, 2.45) is 0 Å². The minimum Gasteiger partial charge on any atom is -0.360 e. The molecule has 0 spiro atoms. The highest BCUT2D eigenvalue weighted by atomic mass is 35.5. The molecule has 0 unspecified atom stereocenters. The smallest absolute Gasteiger partial charge is 0.292 e. The topological polar surface area (TPSA) is 67.2 Å². The molecule has 1 heterocycles. The molecule has 1 aromatic carbocycles. The molecule has 0 atom stereocenters. The van der Waals surface area contributed by atoms with Gasteiger partial charge in [-0.2, -0.15) is 9.78 Å². The van der Waals surface area contributed by atoms with Gasteiger partial charge in [-0.15, -0.1) is 0 Å². The molecule has 0 radical (unpaired) electrons. The lowest BCUT2D eigenvalue weighted by molar-refractivity contribution is -0.119. The van der Waals surface area contributed by atoms with Crippen molar-refractivity contribution in [2.45, 2.75) is 13.8 Å². The molecular formula is C16H18Cl2N4O2. The number of rotatable bonds is 6. The summed E-state index contributed by atoms with van der Waals surface area (Å²) >= 11 is 12.1. The third-order valence-corrected chi connectivity index (χ3v) is 4.01. The summed E-state index contributed by atoms with van der Waals surface area (Å²) in [6, 6.07) is 6.69. The van der Waals surface area contributed by atoms with Crippen LogP contribution in [-0.2, 0) is 4.79 Å². The van der Waals surface area contributed by atoms with Crippen molar-refractivity contribution in [3.8, 4) is 5.69 Å². The zero-order valence-corrected chi connectivity index (χ0v) is 14.9. The van der Waals surface area contributed by atoms with E-state index in [1.165, 1.54) is 10.9 Å². The van der Waals surface area contributed by atoms with Crippen molar-refractivity contribution < 1.29 is 4.79 Å². The number of hydrogen-bond acceptors (Lipinski definition) is 4. The number of carbonyl (C=O) groups is 1. The van der Waals surface area contributed by atoms with Gasteiger partial charge in [0.2, 0.25) is 5.91 Å². The summed E-state index contributed by atoms with van der Waals surface area (Å²) in [7, 11) is 0. The van der Waals surface area contributed by atoms with Crippen LogP contribution in [0.25, 0.3) is 5.69 Å². The van der Waals surface area contributed by atoms with Crippen molar-refractivity contribution in [1.82, 2.24) is 15.1 Å². The molecule has 8 heteroatoms. The van der Waals surface area contributed by atoms with E-state index in [9.17, 15) is 9.59 Å². The monoisotopic (exact) mass is 368 g/mol. The molecule has 0 saturated heterocycles. The Morgan fingerprint density at radius 1 is 1.25 bits per heavy atom. The Hall–Kier alpha value is -2.05. The summed E-state index contributed by atoms with van der Waals surface area (Å²) in [5, 5.41) is 7.46. The molecule has 2 rings (SSSR count). The molecule has 0 saturated carbocycles. The Labute approximate surface area is 150 Å². The van der Waals surface area contributed by atoms with E-state index in [4.69, 9.17) is 23.2 Å². The number of likely N-dealkylation sites (N-methyl/N-ethyl adjacent to an activating group) is 2. The first kappa shape index (κ1) is 18.3. The van der Waals surface area contributed by atoms with Crippen molar-refractivity contribution in [3.05, 3.63) is 50.9 Å². The molecule has 128 valence electrons. The van der Waals surface area contributed by atoms with E-state index in [0.717, 1.165) is 0 Å². The van der Waals surface area contributed by atoms with Crippen molar-refractivity contribution in [3.63, 3.8) is 0 Å². The van der Waals surface area contributed by atoms with E-state index in [-0.39, 0.29) is 17.5 Å². The number of aromatic nitrogens is 2. The highest BCUT2D eigenvalue weighted by Gasteiger charge is 2.17. The van der Waals surface area contributed by atoms with Crippen molar-refractivity contribution in [1.29, 1.82) is 0 Å². The predicted octanol–water partition coefficient (Wildman–Crippen LogP) is 2.50. The Kier molecular flexibility index (Phi) is 6.23. The first-order valence-electron chi connectivity index (χ1n) is 7.53. The van der Waals surface area contributed by atoms with Gasteiger partial charge in [0.05, 0.1) is 24.1 Å². The molecule has 0 fully saturated rings. The van der Waals surface area contributed by atoms with Crippen LogP contribution in [0, 0.1) is 0 Å². The maximum absolute atomic E-state index is 12.5. The SMILES string of the molecule is CCNC(=O)CN(CC)c1cnn(-c2ccc(Cl)cc2)c(=O)c1Cl. The number of carbonyl (C=O) groups excluding carboxylic acids is 1. The quantitative estimate of drug-likeness (QED) is 0.850. The average Bonchev–Trinajstić information content (AvgIpc) is 2.57. The highest BCUT2D eigenvalue weighted by molar-refractivity contribution is 6.33. The van der Waals surface area contributed by atoms with Gasteiger partial charge < -0.3 is 10.2 Å². The van der Waals surface area contributed by atoms with E-state index in [1.807, 2.05) is 13.8 Å². The fourth-order valence-electron chi connectivity index (χ4n) is 2.20. The van der Waals surface area contributed by atoms with Crippen LogP contribution in [0.5, 0.6) is 0 Å². The average molecular weight is 369 g/mol. The summed E-state index contributed by atoms with van der Waals surface area (Å²) in [5.74, 6) is -0.141. The first-order valence-corrected chi connectivity index (χ1v) is 8.28. The number of hydrogen-bond donors (Lipinski definition) is 1. The number of halogens is 2. The van der Waals surface area contributed by atoms with E-state index in [1.54, 1.807) is 29.2 Å². The number of anilines is 1. The summed E-state index contributed by atoms with van der Waals surface area (Å²) in [4.78, 5) is 26.0. The summed E-state index contributed by atoms with van der Waals surface area (Å²) in [5.41, 5.74) is 0.538. The zero-order valence-electron chi connectivity index (χ0n) is 13.4. The Morgan fingerprint density at radius 2 is 1.92 bits per heavy atom. The van der Waals surface area contributed by atoms with E-state index in [0.29, 0.717) is 29.5 Å². The number of nitrogens with zero attached hydrogens (tertiary/aromatic N) is 3. The number of amides is 1. The molecule has 2 aromatic rings. The minimum atomic E-state index is -0.453. The maximum Gasteiger partial charge on any atom is 0.292 e. The summed E-state index contributed by atoms with van der Waals surface area (Å²) < 4.78 is 1.20. The van der Waals surface area contributed by atoms with Gasteiger partial charge in [0, 0.05) is 18.1 Å². The van der Waals surface area contributed by atoms with Crippen molar-refractivity contribution in [2.75, 3.05) is 24.5 Å². The Morgan fingerprint density at radius 3 is 2.50 bits per heavy atom. The molecule has 0 bridgehead atoms. The molecule has 1 aromatic heterocycles. The van der Waals surface area contributed by atoms with Gasteiger partial charge in [-0.05, 0) is 38.1 Å². The number of benzene rings is 1. The second-order valence-electron chi connectivity index (χ2n) is 5.00. The maximum atomic E-state index is 12.5. The normalized spacial score (nSPS) is 10.5. The van der Waals surface area contributed by atoms with Crippen LogP contribution in [0.2, 0.25) is 10.0 Å². The van der Waals surface area contributed by atoms with Crippen LogP contribution in [0.4, 0.5) is 5.69 Å². The second kappa shape index (κ2) is 8.17. The lowest BCUT2D eigenvalue weighted by atomic mass is 10.3. The molecule has 0 aliphatic heterocycles. The van der Waals surface area contributed by atoms with Gasteiger partial charge in [-0.3, -0.25) is 9.59 Å². The first-order chi connectivity index (χ1) is 11.5. The molecule has 1 amide bonds.